The second-order valence-corrected chi connectivity index (χ2v) is 7.31. The van der Waals surface area contributed by atoms with Crippen LogP contribution in [0.2, 0.25) is 0 Å². The Labute approximate surface area is 144 Å². The molecule has 0 aromatic carbocycles. The van der Waals surface area contributed by atoms with Gasteiger partial charge in [-0.2, -0.15) is 0 Å². The summed E-state index contributed by atoms with van der Waals surface area (Å²) < 4.78 is 5.15. The SMILES string of the molecule is COCCN1C(=O)Cc2c(C)nc([C@@]3(C)CCCN3C(C)C)nc21. The summed E-state index contributed by atoms with van der Waals surface area (Å²) in [5.74, 6) is 1.73. The Hall–Kier alpha value is -1.53. The maximum Gasteiger partial charge on any atom is 0.232 e. The zero-order valence-electron chi connectivity index (χ0n) is 15.4. The average Bonchev–Trinajstić information content (AvgIpc) is 3.07. The number of likely N-dealkylation sites (tertiary alicyclic amines) is 1. The van der Waals surface area contributed by atoms with Crippen LogP contribution >= 0.6 is 0 Å². The van der Waals surface area contributed by atoms with E-state index in [9.17, 15) is 4.79 Å². The summed E-state index contributed by atoms with van der Waals surface area (Å²) in [7, 11) is 1.65. The molecule has 1 aromatic heterocycles. The van der Waals surface area contributed by atoms with Crippen LogP contribution in [0.5, 0.6) is 0 Å². The van der Waals surface area contributed by atoms with Crippen molar-refractivity contribution in [1.29, 1.82) is 0 Å². The fourth-order valence-corrected chi connectivity index (χ4v) is 4.08. The van der Waals surface area contributed by atoms with E-state index in [1.165, 1.54) is 0 Å². The summed E-state index contributed by atoms with van der Waals surface area (Å²) in [5.41, 5.74) is 1.74. The van der Waals surface area contributed by atoms with Gasteiger partial charge in [-0.05, 0) is 47.1 Å². The number of rotatable bonds is 5. The number of hydrogen-bond acceptors (Lipinski definition) is 5. The van der Waals surface area contributed by atoms with Crippen molar-refractivity contribution in [3.8, 4) is 0 Å². The number of fused-ring (bicyclic) bond motifs is 1. The largest absolute Gasteiger partial charge is 0.383 e. The van der Waals surface area contributed by atoms with Gasteiger partial charge in [0.1, 0.15) is 5.82 Å². The van der Waals surface area contributed by atoms with E-state index in [-0.39, 0.29) is 11.4 Å². The van der Waals surface area contributed by atoms with Crippen molar-refractivity contribution >= 4 is 11.7 Å². The van der Waals surface area contributed by atoms with Gasteiger partial charge in [0.25, 0.3) is 0 Å². The molecule has 3 rings (SSSR count). The first kappa shape index (κ1) is 17.3. The Kier molecular flexibility index (Phi) is 4.62. The van der Waals surface area contributed by atoms with Crippen LogP contribution in [0, 0.1) is 6.92 Å². The highest BCUT2D eigenvalue weighted by molar-refractivity contribution is 6.00. The summed E-state index contributed by atoms with van der Waals surface area (Å²) in [6, 6.07) is 0.445. The number of aromatic nitrogens is 2. The quantitative estimate of drug-likeness (QED) is 0.826. The molecule has 1 saturated heterocycles. The van der Waals surface area contributed by atoms with Crippen LogP contribution < -0.4 is 4.90 Å². The smallest absolute Gasteiger partial charge is 0.232 e. The van der Waals surface area contributed by atoms with Crippen LogP contribution in [0.1, 0.15) is 50.7 Å². The molecule has 1 atom stereocenters. The molecule has 0 unspecified atom stereocenters. The fourth-order valence-electron chi connectivity index (χ4n) is 4.08. The van der Waals surface area contributed by atoms with Gasteiger partial charge < -0.3 is 4.74 Å². The number of aryl methyl sites for hydroxylation is 1. The molecule has 6 nitrogen and oxygen atoms in total. The van der Waals surface area contributed by atoms with Gasteiger partial charge in [0.2, 0.25) is 5.91 Å². The third-order valence-electron chi connectivity index (χ3n) is 5.40. The number of carbonyl (C=O) groups excluding carboxylic acids is 1. The van der Waals surface area contributed by atoms with Crippen molar-refractivity contribution in [2.45, 2.75) is 58.5 Å². The van der Waals surface area contributed by atoms with Crippen LogP contribution in [-0.2, 0) is 21.5 Å². The second-order valence-electron chi connectivity index (χ2n) is 7.31. The first-order valence-corrected chi connectivity index (χ1v) is 8.82. The fraction of sp³-hybridized carbons (Fsp3) is 0.722. The molecule has 132 valence electrons. The van der Waals surface area contributed by atoms with Crippen molar-refractivity contribution in [3.63, 3.8) is 0 Å². The Balaban J connectivity index is 2.02. The summed E-state index contributed by atoms with van der Waals surface area (Å²) in [6.45, 7) is 10.8. The van der Waals surface area contributed by atoms with E-state index in [4.69, 9.17) is 14.7 Å². The summed E-state index contributed by atoms with van der Waals surface area (Å²) in [4.78, 5) is 26.3. The van der Waals surface area contributed by atoms with Gasteiger partial charge in [0.05, 0.1) is 25.1 Å². The maximum atomic E-state index is 12.4. The Bertz CT molecular complexity index is 646. The summed E-state index contributed by atoms with van der Waals surface area (Å²) in [5, 5.41) is 0. The molecule has 2 aliphatic rings. The van der Waals surface area contributed by atoms with Crippen LogP contribution in [0.3, 0.4) is 0 Å². The standard InChI is InChI=1S/C18H28N4O2/c1-12(2)22-8-6-7-18(22,4)17-19-13(3)14-11-15(23)21(9-10-24-5)16(14)20-17/h12H,6-11H2,1-5H3/t18-/m1/s1. The highest BCUT2D eigenvalue weighted by atomic mass is 16.5. The summed E-state index contributed by atoms with van der Waals surface area (Å²) >= 11 is 0. The Morgan fingerprint density at radius 2 is 2.08 bits per heavy atom. The van der Waals surface area contributed by atoms with E-state index in [1.807, 2.05) is 6.92 Å². The van der Waals surface area contributed by atoms with Gasteiger partial charge in [-0.15, -0.1) is 0 Å². The van der Waals surface area contributed by atoms with Crippen molar-refractivity contribution in [3.05, 3.63) is 17.1 Å². The van der Waals surface area contributed by atoms with Crippen LogP contribution in [0.4, 0.5) is 5.82 Å². The van der Waals surface area contributed by atoms with Crippen LogP contribution in [-0.4, -0.2) is 53.6 Å². The minimum Gasteiger partial charge on any atom is -0.383 e. The first-order valence-electron chi connectivity index (χ1n) is 8.82. The van der Waals surface area contributed by atoms with E-state index in [0.717, 1.165) is 42.3 Å². The normalized spacial score (nSPS) is 24.2. The van der Waals surface area contributed by atoms with E-state index >= 15 is 0 Å². The Morgan fingerprint density at radius 3 is 2.75 bits per heavy atom. The van der Waals surface area contributed by atoms with E-state index in [1.54, 1.807) is 12.0 Å². The van der Waals surface area contributed by atoms with E-state index < -0.39 is 0 Å². The molecule has 0 spiro atoms. The van der Waals surface area contributed by atoms with Gasteiger partial charge in [-0.25, -0.2) is 9.97 Å². The molecule has 1 fully saturated rings. The van der Waals surface area contributed by atoms with Gasteiger partial charge in [-0.3, -0.25) is 14.6 Å². The minimum absolute atomic E-state index is 0.0916. The maximum absolute atomic E-state index is 12.4. The van der Waals surface area contributed by atoms with Crippen molar-refractivity contribution in [2.24, 2.45) is 0 Å². The highest BCUT2D eigenvalue weighted by Crippen LogP contribution is 2.40. The molecule has 0 aliphatic carbocycles. The second kappa shape index (κ2) is 6.41. The monoisotopic (exact) mass is 332 g/mol. The molecular weight excluding hydrogens is 304 g/mol. The number of methoxy groups -OCH3 is 1. The highest BCUT2D eigenvalue weighted by Gasteiger charge is 2.43. The number of ether oxygens (including phenoxy) is 1. The van der Waals surface area contributed by atoms with E-state index in [0.29, 0.717) is 25.6 Å². The Morgan fingerprint density at radius 1 is 1.33 bits per heavy atom. The number of amides is 1. The predicted octanol–water partition coefficient (Wildman–Crippen LogP) is 2.04. The van der Waals surface area contributed by atoms with Crippen molar-refractivity contribution in [1.82, 2.24) is 14.9 Å². The van der Waals surface area contributed by atoms with Gasteiger partial charge >= 0.3 is 0 Å². The predicted molar refractivity (Wildman–Crippen MR) is 93.1 cm³/mol. The molecule has 1 aromatic rings. The number of anilines is 1. The minimum atomic E-state index is -0.160. The number of hydrogen-bond donors (Lipinski definition) is 0. The topological polar surface area (TPSA) is 58.6 Å². The van der Waals surface area contributed by atoms with Crippen LogP contribution in [0.15, 0.2) is 0 Å². The first-order chi connectivity index (χ1) is 11.4. The zero-order chi connectivity index (χ0) is 17.5. The zero-order valence-corrected chi connectivity index (χ0v) is 15.4. The molecule has 0 radical (unpaired) electrons. The van der Waals surface area contributed by atoms with Gasteiger partial charge in [0.15, 0.2) is 5.82 Å². The van der Waals surface area contributed by atoms with Crippen molar-refractivity contribution in [2.75, 3.05) is 31.7 Å². The third-order valence-corrected chi connectivity index (χ3v) is 5.40. The number of nitrogens with zero attached hydrogens (tertiary/aromatic N) is 4. The average molecular weight is 332 g/mol. The lowest BCUT2D eigenvalue weighted by atomic mass is 9.96. The van der Waals surface area contributed by atoms with Gasteiger partial charge in [-0.1, -0.05) is 0 Å². The molecule has 1 amide bonds. The van der Waals surface area contributed by atoms with Crippen LogP contribution in [0.25, 0.3) is 0 Å². The molecule has 0 N–H and O–H groups in total. The lowest BCUT2D eigenvalue weighted by molar-refractivity contribution is -0.117. The van der Waals surface area contributed by atoms with Gasteiger partial charge in [0, 0.05) is 24.4 Å². The molecule has 3 heterocycles. The third kappa shape index (κ3) is 2.71. The summed E-state index contributed by atoms with van der Waals surface area (Å²) in [6.07, 6.45) is 2.60. The molecule has 6 heteroatoms. The molecule has 0 saturated carbocycles. The lowest BCUT2D eigenvalue weighted by Crippen LogP contribution is -2.44. The lowest BCUT2D eigenvalue weighted by Gasteiger charge is -2.37. The van der Waals surface area contributed by atoms with Crippen molar-refractivity contribution < 1.29 is 9.53 Å². The number of carbonyl (C=O) groups is 1. The molecule has 0 bridgehead atoms. The van der Waals surface area contributed by atoms with E-state index in [2.05, 4.69) is 25.7 Å². The molecule has 2 aliphatic heterocycles. The molecular formula is C18H28N4O2. The molecule has 24 heavy (non-hydrogen) atoms.